The Bertz CT molecular complexity index is 617. The number of hydrogen-bond acceptors (Lipinski definition) is 3. The van der Waals surface area contributed by atoms with Gasteiger partial charge in [0.2, 0.25) is 0 Å². The molecule has 0 bridgehead atoms. The third-order valence-electron chi connectivity index (χ3n) is 3.88. The van der Waals surface area contributed by atoms with Crippen molar-refractivity contribution in [3.63, 3.8) is 0 Å². The van der Waals surface area contributed by atoms with Gasteiger partial charge in [-0.05, 0) is 63.6 Å². The van der Waals surface area contributed by atoms with Crippen molar-refractivity contribution >= 4 is 23.0 Å². The van der Waals surface area contributed by atoms with Gasteiger partial charge in [0.25, 0.3) is 0 Å². The van der Waals surface area contributed by atoms with Gasteiger partial charge in [-0.15, -0.1) is 0 Å². The molecule has 0 amide bonds. The minimum Gasteiger partial charge on any atom is -0.591 e. The van der Waals surface area contributed by atoms with Crippen LogP contribution in [0.5, 0.6) is 0 Å². The Kier molecular flexibility index (Phi) is 4.97. The van der Waals surface area contributed by atoms with E-state index in [1.807, 2.05) is 33.8 Å². The van der Waals surface area contributed by atoms with Crippen LogP contribution in [0, 0.1) is 0 Å². The molecule has 2 rings (SSSR count). The summed E-state index contributed by atoms with van der Waals surface area (Å²) in [5, 5.41) is 9.34. The zero-order valence-corrected chi connectivity index (χ0v) is 14.4. The number of carboxylic acid groups (broad SMARTS) is 1. The van der Waals surface area contributed by atoms with Gasteiger partial charge in [0.15, 0.2) is 0 Å². The number of rotatable bonds is 3. The van der Waals surface area contributed by atoms with Gasteiger partial charge in [-0.25, -0.2) is 4.79 Å². The van der Waals surface area contributed by atoms with Crippen LogP contribution in [-0.2, 0) is 24.2 Å². The minimum absolute atomic E-state index is 0.374. The Morgan fingerprint density at radius 2 is 2.05 bits per heavy atom. The second kappa shape index (κ2) is 6.42. The van der Waals surface area contributed by atoms with Crippen LogP contribution in [0.25, 0.3) is 0 Å². The molecule has 0 spiro atoms. The van der Waals surface area contributed by atoms with Crippen LogP contribution in [-0.4, -0.2) is 26.1 Å². The van der Waals surface area contributed by atoms with Crippen molar-refractivity contribution in [1.82, 2.24) is 0 Å². The number of carbonyl (C=O) groups is 1. The van der Waals surface area contributed by atoms with E-state index in [-0.39, 0.29) is 4.75 Å². The smallest absolute Gasteiger partial charge is 0.335 e. The van der Waals surface area contributed by atoms with Crippen molar-refractivity contribution < 1.29 is 14.5 Å². The molecule has 5 heteroatoms. The fourth-order valence-electron chi connectivity index (χ4n) is 2.75. The van der Waals surface area contributed by atoms with Gasteiger partial charge in [-0.2, -0.15) is 0 Å². The Hall–Kier alpha value is -1.33. The van der Waals surface area contributed by atoms with E-state index in [9.17, 15) is 14.5 Å². The molecule has 4 nitrogen and oxygen atoms in total. The maximum absolute atomic E-state index is 12.3. The summed E-state index contributed by atoms with van der Waals surface area (Å²) in [5.74, 6) is -0.887. The maximum atomic E-state index is 12.3. The molecule has 0 unspecified atom stereocenters. The summed E-state index contributed by atoms with van der Waals surface area (Å²) in [6, 6.07) is 3.48. The van der Waals surface area contributed by atoms with Gasteiger partial charge in [0.05, 0.1) is 11.3 Å². The predicted molar refractivity (Wildman–Crippen MR) is 90.1 cm³/mol. The average Bonchev–Trinajstić information content (AvgIpc) is 2.45. The quantitative estimate of drug-likeness (QED) is 0.865. The van der Waals surface area contributed by atoms with E-state index < -0.39 is 17.3 Å². The Labute approximate surface area is 135 Å². The highest BCUT2D eigenvalue weighted by molar-refractivity contribution is 7.91. The van der Waals surface area contributed by atoms with Crippen molar-refractivity contribution in [1.29, 1.82) is 0 Å². The molecule has 1 aliphatic carbocycles. The molecule has 0 saturated carbocycles. The van der Waals surface area contributed by atoms with Crippen molar-refractivity contribution in [2.75, 3.05) is 0 Å². The lowest BCUT2D eigenvalue weighted by Gasteiger charge is -2.24. The standard InChI is InChI=1S/C17H23NO3S/c1-5-11-12-7-6-8-15(18-22(21)17(2,3)4)13(12)9-10-14(11)16(19)20/h9-10H,5-8H2,1-4H3,(H,19,20)/t22-/m1/s1. The summed E-state index contributed by atoms with van der Waals surface area (Å²) in [6.45, 7) is 7.69. The number of hydrogen-bond donors (Lipinski definition) is 1. The second-order valence-corrected chi connectivity index (χ2v) is 8.44. The first kappa shape index (κ1) is 17.0. The van der Waals surface area contributed by atoms with Crippen LogP contribution in [0.15, 0.2) is 16.5 Å². The lowest BCUT2D eigenvalue weighted by atomic mass is 9.84. The minimum atomic E-state index is -1.29. The summed E-state index contributed by atoms with van der Waals surface area (Å²) in [5.41, 5.74) is 4.16. The van der Waals surface area contributed by atoms with Crippen molar-refractivity contribution in [3.05, 3.63) is 34.4 Å². The molecule has 120 valence electrons. The van der Waals surface area contributed by atoms with E-state index in [0.717, 1.165) is 41.7 Å². The topological polar surface area (TPSA) is 72.7 Å². The highest BCUT2D eigenvalue weighted by Crippen LogP contribution is 2.30. The molecule has 1 aliphatic rings. The zero-order chi connectivity index (χ0) is 16.5. The summed E-state index contributed by atoms with van der Waals surface area (Å²) >= 11 is -1.29. The molecule has 0 aromatic heterocycles. The molecule has 1 aromatic carbocycles. The third-order valence-corrected chi connectivity index (χ3v) is 5.32. The number of aromatic carboxylic acids is 1. The van der Waals surface area contributed by atoms with Crippen molar-refractivity contribution in [2.45, 2.75) is 58.1 Å². The molecule has 1 aromatic rings. The molecule has 0 radical (unpaired) electrons. The molecular formula is C17H23NO3S. The molecule has 0 fully saturated rings. The maximum Gasteiger partial charge on any atom is 0.335 e. The van der Waals surface area contributed by atoms with E-state index in [2.05, 4.69) is 4.40 Å². The normalized spacial score (nSPS) is 18.1. The van der Waals surface area contributed by atoms with Crippen LogP contribution < -0.4 is 0 Å². The van der Waals surface area contributed by atoms with Crippen LogP contribution in [0.1, 0.15) is 67.6 Å². The molecular weight excluding hydrogens is 298 g/mol. The lowest BCUT2D eigenvalue weighted by molar-refractivity contribution is 0.0695. The third kappa shape index (κ3) is 3.36. The zero-order valence-electron chi connectivity index (χ0n) is 13.6. The van der Waals surface area contributed by atoms with E-state index in [1.54, 1.807) is 6.07 Å². The van der Waals surface area contributed by atoms with E-state index in [4.69, 9.17) is 0 Å². The van der Waals surface area contributed by atoms with Crippen molar-refractivity contribution in [3.8, 4) is 0 Å². The van der Waals surface area contributed by atoms with Gasteiger partial charge < -0.3 is 9.66 Å². The van der Waals surface area contributed by atoms with E-state index in [1.165, 1.54) is 0 Å². The first-order valence-electron chi connectivity index (χ1n) is 7.63. The first-order chi connectivity index (χ1) is 10.3. The van der Waals surface area contributed by atoms with E-state index in [0.29, 0.717) is 12.0 Å². The lowest BCUT2D eigenvalue weighted by Crippen LogP contribution is -2.28. The molecule has 1 N–H and O–H groups in total. The fourth-order valence-corrected chi connectivity index (χ4v) is 3.42. The molecule has 0 saturated heterocycles. The fraction of sp³-hybridized carbons (Fsp3) is 0.529. The van der Waals surface area contributed by atoms with Crippen LogP contribution in [0.3, 0.4) is 0 Å². The van der Waals surface area contributed by atoms with Crippen LogP contribution in [0.4, 0.5) is 0 Å². The Morgan fingerprint density at radius 1 is 1.36 bits per heavy atom. The predicted octanol–water partition coefficient (Wildman–Crippen LogP) is 3.53. The highest BCUT2D eigenvalue weighted by atomic mass is 32.2. The van der Waals surface area contributed by atoms with Gasteiger partial charge in [0, 0.05) is 5.56 Å². The monoisotopic (exact) mass is 321 g/mol. The molecule has 0 heterocycles. The summed E-state index contributed by atoms with van der Waals surface area (Å²) in [7, 11) is 0. The summed E-state index contributed by atoms with van der Waals surface area (Å²) in [6.07, 6.45) is 3.26. The molecule has 0 aliphatic heterocycles. The van der Waals surface area contributed by atoms with Crippen molar-refractivity contribution in [2.24, 2.45) is 4.40 Å². The largest absolute Gasteiger partial charge is 0.591 e. The summed E-state index contributed by atoms with van der Waals surface area (Å²) < 4.78 is 16.4. The first-order valence-corrected chi connectivity index (χ1v) is 8.74. The average molecular weight is 321 g/mol. The molecule has 1 atom stereocenters. The highest BCUT2D eigenvalue weighted by Gasteiger charge is 2.29. The number of benzene rings is 1. The Morgan fingerprint density at radius 3 is 2.59 bits per heavy atom. The molecule has 22 heavy (non-hydrogen) atoms. The summed E-state index contributed by atoms with van der Waals surface area (Å²) in [4.78, 5) is 11.4. The van der Waals surface area contributed by atoms with Gasteiger partial charge >= 0.3 is 5.97 Å². The van der Waals surface area contributed by atoms with Gasteiger partial charge in [0.1, 0.15) is 16.1 Å². The van der Waals surface area contributed by atoms with Gasteiger partial charge in [-0.1, -0.05) is 17.4 Å². The number of carboxylic acids is 1. The SMILES string of the molecule is CCc1c(C(=O)O)ccc2c1CCCC2=N[S@+]([O-])C(C)(C)C. The number of nitrogens with zero attached hydrogens (tertiary/aromatic N) is 1. The number of fused-ring (bicyclic) bond motifs is 1. The van der Waals surface area contributed by atoms with Crippen LogP contribution in [0.2, 0.25) is 0 Å². The Balaban J connectivity index is 2.53. The second-order valence-electron chi connectivity index (χ2n) is 6.53. The van der Waals surface area contributed by atoms with Crippen LogP contribution >= 0.6 is 0 Å². The van der Waals surface area contributed by atoms with E-state index >= 15 is 0 Å². The van der Waals surface area contributed by atoms with Gasteiger partial charge in [-0.3, -0.25) is 0 Å².